The van der Waals surface area contributed by atoms with Crippen molar-refractivity contribution < 1.29 is 58.5 Å². The minimum Gasteiger partial charge on any atom is -0.481 e. The molecule has 1 heterocycles. The first-order chi connectivity index (χ1) is 21.4. The number of amides is 6. The molecule has 0 radical (unpaired) electrons. The fourth-order valence-corrected chi connectivity index (χ4v) is 4.39. The second-order valence-corrected chi connectivity index (χ2v) is 10.9. The van der Waals surface area contributed by atoms with E-state index in [1.54, 1.807) is 16.8 Å². The van der Waals surface area contributed by atoms with Crippen molar-refractivity contribution in [3.05, 3.63) is 22.4 Å². The first-order valence-corrected chi connectivity index (χ1v) is 14.6. The second kappa shape index (κ2) is 18.6. The molecule has 254 valence electrons. The first kappa shape index (κ1) is 38.9. The SMILES string of the molecule is C[C@H](NC(=O)[C@H](C)NC(=O)[C@H](CCC(=O)O)NC(=O)[C@@H](N)CC(=O)O)C(=O)N[C@@H](Cc1ccsc1)C(=O)N[C@@H](CC(N)=O)C(=O)O. The summed E-state index contributed by atoms with van der Waals surface area (Å²) in [5.74, 6) is -9.94. The highest BCUT2D eigenvalue weighted by atomic mass is 32.1. The van der Waals surface area contributed by atoms with Gasteiger partial charge in [0.25, 0.3) is 0 Å². The Labute approximate surface area is 265 Å². The molecular weight excluding hydrogens is 634 g/mol. The van der Waals surface area contributed by atoms with Crippen LogP contribution in [-0.4, -0.2) is 105 Å². The molecule has 0 fully saturated rings. The Morgan fingerprint density at radius 1 is 0.717 bits per heavy atom. The lowest BCUT2D eigenvalue weighted by Gasteiger charge is -2.24. The predicted molar refractivity (Wildman–Crippen MR) is 158 cm³/mol. The van der Waals surface area contributed by atoms with E-state index >= 15 is 0 Å². The highest BCUT2D eigenvalue weighted by Crippen LogP contribution is 2.10. The molecule has 0 unspecified atom stereocenters. The third-order valence-corrected chi connectivity index (χ3v) is 6.92. The normalized spacial score (nSPS) is 14.6. The van der Waals surface area contributed by atoms with E-state index in [0.717, 1.165) is 0 Å². The molecular formula is C26H37N7O12S. The van der Waals surface area contributed by atoms with E-state index in [1.165, 1.54) is 25.2 Å². The molecule has 12 N–H and O–H groups in total. The minimum atomic E-state index is -1.66. The van der Waals surface area contributed by atoms with Crippen molar-refractivity contribution >= 4 is 64.7 Å². The van der Waals surface area contributed by atoms with E-state index in [9.17, 15) is 48.3 Å². The van der Waals surface area contributed by atoms with Gasteiger partial charge in [-0.15, -0.1) is 0 Å². The number of carboxylic acids is 3. The number of nitrogens with one attached hydrogen (secondary N) is 5. The number of aliphatic carboxylic acids is 3. The van der Waals surface area contributed by atoms with Gasteiger partial charge in [0, 0.05) is 12.8 Å². The Balaban J connectivity index is 2.93. The number of carbonyl (C=O) groups excluding carboxylic acids is 6. The monoisotopic (exact) mass is 671 g/mol. The maximum atomic E-state index is 12.9. The quantitative estimate of drug-likeness (QED) is 0.0641. The van der Waals surface area contributed by atoms with E-state index < -0.39 is 115 Å². The average Bonchev–Trinajstić information content (AvgIpc) is 3.46. The van der Waals surface area contributed by atoms with E-state index in [-0.39, 0.29) is 6.42 Å². The largest absolute Gasteiger partial charge is 0.481 e. The molecule has 6 amide bonds. The van der Waals surface area contributed by atoms with Gasteiger partial charge in [0.15, 0.2) is 0 Å². The fourth-order valence-electron chi connectivity index (χ4n) is 3.70. The molecule has 0 bridgehead atoms. The average molecular weight is 672 g/mol. The third kappa shape index (κ3) is 14.1. The Hall–Kier alpha value is -5.11. The summed E-state index contributed by atoms with van der Waals surface area (Å²) in [5, 5.41) is 41.8. The molecule has 1 aromatic heterocycles. The van der Waals surface area contributed by atoms with Crippen LogP contribution in [0, 0.1) is 0 Å². The van der Waals surface area contributed by atoms with Gasteiger partial charge in [-0.25, -0.2) is 4.79 Å². The molecule has 1 rings (SSSR count). The third-order valence-electron chi connectivity index (χ3n) is 6.19. The zero-order valence-corrected chi connectivity index (χ0v) is 25.6. The second-order valence-electron chi connectivity index (χ2n) is 10.1. The van der Waals surface area contributed by atoms with Crippen molar-refractivity contribution in [2.75, 3.05) is 0 Å². The first-order valence-electron chi connectivity index (χ1n) is 13.6. The van der Waals surface area contributed by atoms with Gasteiger partial charge in [-0.05, 0) is 42.7 Å². The van der Waals surface area contributed by atoms with Crippen LogP contribution in [0.2, 0.25) is 0 Å². The Morgan fingerprint density at radius 3 is 1.74 bits per heavy atom. The van der Waals surface area contributed by atoms with Gasteiger partial charge in [0.1, 0.15) is 30.2 Å². The van der Waals surface area contributed by atoms with Crippen LogP contribution < -0.4 is 38.1 Å². The zero-order valence-electron chi connectivity index (χ0n) is 24.8. The number of carbonyl (C=O) groups is 9. The predicted octanol–water partition coefficient (Wildman–Crippen LogP) is -3.62. The molecule has 0 saturated heterocycles. The van der Waals surface area contributed by atoms with Gasteiger partial charge in [-0.2, -0.15) is 11.3 Å². The molecule has 1 aromatic rings. The van der Waals surface area contributed by atoms with Crippen LogP contribution >= 0.6 is 11.3 Å². The number of rotatable bonds is 20. The van der Waals surface area contributed by atoms with Crippen molar-refractivity contribution in [1.29, 1.82) is 0 Å². The van der Waals surface area contributed by atoms with Crippen LogP contribution in [-0.2, 0) is 49.6 Å². The lowest BCUT2D eigenvalue weighted by atomic mass is 10.1. The molecule has 0 aliphatic heterocycles. The molecule has 0 spiro atoms. The maximum Gasteiger partial charge on any atom is 0.326 e. The Kier molecular flexibility index (Phi) is 15.8. The van der Waals surface area contributed by atoms with Crippen LogP contribution in [0.3, 0.4) is 0 Å². The van der Waals surface area contributed by atoms with Crippen LogP contribution in [0.1, 0.15) is 45.1 Å². The maximum absolute atomic E-state index is 12.9. The van der Waals surface area contributed by atoms with E-state index in [4.69, 9.17) is 21.7 Å². The molecule has 0 aromatic carbocycles. The number of hydrogen-bond acceptors (Lipinski definition) is 11. The number of hydrogen-bond donors (Lipinski definition) is 10. The van der Waals surface area contributed by atoms with Gasteiger partial charge in [0.05, 0.1) is 18.9 Å². The van der Waals surface area contributed by atoms with E-state index in [1.807, 2.05) is 0 Å². The van der Waals surface area contributed by atoms with Crippen LogP contribution in [0.4, 0.5) is 0 Å². The lowest BCUT2D eigenvalue weighted by molar-refractivity contribution is -0.143. The summed E-state index contributed by atoms with van der Waals surface area (Å²) in [4.78, 5) is 108. The summed E-state index contributed by atoms with van der Waals surface area (Å²) < 4.78 is 0. The van der Waals surface area contributed by atoms with Crippen LogP contribution in [0.15, 0.2) is 16.8 Å². The molecule has 6 atom stereocenters. The number of carboxylic acid groups (broad SMARTS) is 3. The summed E-state index contributed by atoms with van der Waals surface area (Å²) in [6.45, 7) is 2.48. The lowest BCUT2D eigenvalue weighted by Crippen LogP contribution is -2.58. The number of thiophene rings is 1. The smallest absolute Gasteiger partial charge is 0.326 e. The van der Waals surface area contributed by atoms with Gasteiger partial charge >= 0.3 is 17.9 Å². The van der Waals surface area contributed by atoms with Crippen molar-refractivity contribution in [2.24, 2.45) is 11.5 Å². The molecule has 46 heavy (non-hydrogen) atoms. The molecule has 19 nitrogen and oxygen atoms in total. The van der Waals surface area contributed by atoms with Crippen molar-refractivity contribution in [3.8, 4) is 0 Å². The van der Waals surface area contributed by atoms with Crippen LogP contribution in [0.25, 0.3) is 0 Å². The summed E-state index contributed by atoms with van der Waals surface area (Å²) in [5.41, 5.74) is 11.2. The van der Waals surface area contributed by atoms with Crippen molar-refractivity contribution in [2.45, 2.75) is 82.2 Å². The summed E-state index contributed by atoms with van der Waals surface area (Å²) in [6, 6.07) is -7.01. The van der Waals surface area contributed by atoms with E-state index in [0.29, 0.717) is 5.56 Å². The van der Waals surface area contributed by atoms with Crippen molar-refractivity contribution in [3.63, 3.8) is 0 Å². The number of primary amides is 1. The molecule has 0 aliphatic carbocycles. The topological polar surface area (TPSA) is 327 Å². The Bertz CT molecular complexity index is 1310. The number of nitrogens with two attached hydrogens (primary N) is 2. The highest BCUT2D eigenvalue weighted by molar-refractivity contribution is 7.07. The Morgan fingerprint density at radius 2 is 1.24 bits per heavy atom. The summed E-state index contributed by atoms with van der Waals surface area (Å²) in [6.07, 6.45) is -2.53. The molecule has 20 heteroatoms. The molecule has 0 saturated carbocycles. The standard InChI is InChI=1S/C26H37N7O12S/c1-11(30-24(42)15(3-4-19(35)36)31-23(41)14(27)8-20(37)38)21(39)29-12(2)22(40)32-16(7-13-5-6-46-10-13)25(43)33-17(26(44)45)9-18(28)34/h5-6,10-12,14-17H,3-4,7-9,27H2,1-2H3,(H2,28,34)(H,29,39)(H,30,42)(H,31,41)(H,32,40)(H,33,43)(H,35,36)(H,37,38)(H,44,45)/t11-,12-,14-,15-,16-,17-/m0/s1. The summed E-state index contributed by atoms with van der Waals surface area (Å²) >= 11 is 1.30. The van der Waals surface area contributed by atoms with Gasteiger partial charge in [-0.3, -0.25) is 38.4 Å². The highest BCUT2D eigenvalue weighted by Gasteiger charge is 2.31. The van der Waals surface area contributed by atoms with Gasteiger partial charge in [0.2, 0.25) is 35.4 Å². The minimum absolute atomic E-state index is 0.0727. The zero-order chi connectivity index (χ0) is 35.1. The van der Waals surface area contributed by atoms with Crippen LogP contribution in [0.5, 0.6) is 0 Å². The molecule has 0 aliphatic rings. The van der Waals surface area contributed by atoms with E-state index in [2.05, 4.69) is 26.6 Å². The van der Waals surface area contributed by atoms with Gasteiger partial charge < -0.3 is 53.4 Å². The van der Waals surface area contributed by atoms with Crippen molar-refractivity contribution in [1.82, 2.24) is 26.6 Å². The fraction of sp³-hybridized carbons (Fsp3) is 0.500. The van der Waals surface area contributed by atoms with Gasteiger partial charge in [-0.1, -0.05) is 0 Å². The summed E-state index contributed by atoms with van der Waals surface area (Å²) in [7, 11) is 0.